The Bertz CT molecular complexity index is 1090. The van der Waals surface area contributed by atoms with Crippen LogP contribution in [0.4, 0.5) is 0 Å². The van der Waals surface area contributed by atoms with Gasteiger partial charge in [-0.15, -0.1) is 0 Å². The molecule has 0 aliphatic carbocycles. The van der Waals surface area contributed by atoms with Crippen LogP contribution in [0.25, 0.3) is 5.69 Å². The Hall–Kier alpha value is -2.97. The van der Waals surface area contributed by atoms with Crippen LogP contribution in [0.15, 0.2) is 71.9 Å². The number of carbonyl (C=O) groups is 1. The fourth-order valence-electron chi connectivity index (χ4n) is 3.51. The van der Waals surface area contributed by atoms with Gasteiger partial charge < -0.3 is 5.32 Å². The quantitative estimate of drug-likeness (QED) is 0.659. The van der Waals surface area contributed by atoms with Gasteiger partial charge in [0.2, 0.25) is 10.0 Å². The lowest BCUT2D eigenvalue weighted by molar-refractivity contribution is 0.0951. The molecule has 0 atom stereocenters. The average Bonchev–Trinajstić information content (AvgIpc) is 3.33. The van der Waals surface area contributed by atoms with Gasteiger partial charge in [0.1, 0.15) is 0 Å². The Kier molecular flexibility index (Phi) is 5.96. The summed E-state index contributed by atoms with van der Waals surface area (Å²) in [6, 6.07) is 15.7. The second kappa shape index (κ2) is 8.81. The number of rotatable bonds is 6. The number of hydrogen-bond acceptors (Lipinski definition) is 4. The van der Waals surface area contributed by atoms with Crippen LogP contribution in [-0.4, -0.2) is 41.5 Å². The summed E-state index contributed by atoms with van der Waals surface area (Å²) in [4.78, 5) is 12.7. The van der Waals surface area contributed by atoms with E-state index in [0.717, 1.165) is 30.5 Å². The first-order chi connectivity index (χ1) is 14.5. The molecule has 2 heterocycles. The Morgan fingerprint density at radius 2 is 1.67 bits per heavy atom. The minimum absolute atomic E-state index is 0.188. The Morgan fingerprint density at radius 3 is 2.30 bits per heavy atom. The molecule has 7 nitrogen and oxygen atoms in total. The molecule has 2 aromatic carbocycles. The van der Waals surface area contributed by atoms with Crippen molar-refractivity contribution in [1.29, 1.82) is 0 Å². The van der Waals surface area contributed by atoms with Crippen molar-refractivity contribution in [2.45, 2.75) is 30.7 Å². The molecule has 30 heavy (non-hydrogen) atoms. The van der Waals surface area contributed by atoms with Crippen LogP contribution in [0.2, 0.25) is 0 Å². The Balaban J connectivity index is 1.36. The van der Waals surface area contributed by atoms with Crippen LogP contribution in [0.3, 0.4) is 0 Å². The van der Waals surface area contributed by atoms with E-state index < -0.39 is 10.0 Å². The molecule has 0 spiro atoms. The molecule has 0 saturated carbocycles. The summed E-state index contributed by atoms with van der Waals surface area (Å²) in [5.41, 5.74) is 2.27. The molecule has 1 saturated heterocycles. The molecule has 1 aromatic heterocycles. The van der Waals surface area contributed by atoms with Crippen molar-refractivity contribution in [3.63, 3.8) is 0 Å². The van der Waals surface area contributed by atoms with Crippen LogP contribution in [0.5, 0.6) is 0 Å². The average molecular weight is 425 g/mol. The van der Waals surface area contributed by atoms with Gasteiger partial charge >= 0.3 is 0 Å². The van der Waals surface area contributed by atoms with Crippen molar-refractivity contribution in [2.75, 3.05) is 13.1 Å². The minimum Gasteiger partial charge on any atom is -0.348 e. The number of piperidine rings is 1. The normalized spacial score (nSPS) is 15.1. The van der Waals surface area contributed by atoms with E-state index >= 15 is 0 Å². The number of carbonyl (C=O) groups excluding carboxylic acids is 1. The van der Waals surface area contributed by atoms with Crippen molar-refractivity contribution >= 4 is 15.9 Å². The number of nitrogens with zero attached hydrogens (tertiary/aromatic N) is 3. The van der Waals surface area contributed by atoms with Gasteiger partial charge in [-0.1, -0.05) is 18.6 Å². The van der Waals surface area contributed by atoms with E-state index in [1.165, 1.54) is 0 Å². The number of benzene rings is 2. The molecule has 0 bridgehead atoms. The highest BCUT2D eigenvalue weighted by Gasteiger charge is 2.25. The fourth-order valence-corrected chi connectivity index (χ4v) is 5.02. The lowest BCUT2D eigenvalue weighted by Crippen LogP contribution is -2.35. The largest absolute Gasteiger partial charge is 0.348 e. The number of amides is 1. The lowest BCUT2D eigenvalue weighted by atomic mass is 10.2. The van der Waals surface area contributed by atoms with Gasteiger partial charge in [0.05, 0.1) is 10.6 Å². The van der Waals surface area contributed by atoms with Gasteiger partial charge in [0, 0.05) is 37.6 Å². The first-order valence-electron chi connectivity index (χ1n) is 10.0. The molecule has 0 unspecified atom stereocenters. The standard InChI is InChI=1S/C22H24N4O3S/c27-22(19-7-9-20(10-8-19)26-16-4-13-24-26)23-17-18-5-11-21(12-6-18)30(28,29)25-14-2-1-3-15-25/h4-13,16H,1-3,14-15,17H2,(H,23,27). The van der Waals surface area contributed by atoms with Crippen LogP contribution in [0, 0.1) is 0 Å². The zero-order valence-corrected chi connectivity index (χ0v) is 17.4. The maximum atomic E-state index is 12.7. The molecule has 1 N–H and O–H groups in total. The smallest absolute Gasteiger partial charge is 0.251 e. The van der Waals surface area contributed by atoms with Crippen molar-refractivity contribution in [2.24, 2.45) is 0 Å². The molecule has 3 aromatic rings. The third kappa shape index (κ3) is 4.44. The predicted molar refractivity (Wildman–Crippen MR) is 114 cm³/mol. The van der Waals surface area contributed by atoms with Gasteiger partial charge in [-0.25, -0.2) is 13.1 Å². The molecule has 1 aliphatic heterocycles. The minimum atomic E-state index is -3.44. The van der Waals surface area contributed by atoms with Crippen LogP contribution < -0.4 is 5.32 Å². The highest BCUT2D eigenvalue weighted by atomic mass is 32.2. The second-order valence-corrected chi connectivity index (χ2v) is 9.23. The van der Waals surface area contributed by atoms with E-state index in [-0.39, 0.29) is 5.91 Å². The maximum absolute atomic E-state index is 12.7. The monoisotopic (exact) mass is 424 g/mol. The van der Waals surface area contributed by atoms with E-state index in [2.05, 4.69) is 10.4 Å². The Morgan fingerprint density at radius 1 is 0.967 bits per heavy atom. The number of nitrogens with one attached hydrogen (secondary N) is 1. The summed E-state index contributed by atoms with van der Waals surface area (Å²) in [6.45, 7) is 1.49. The summed E-state index contributed by atoms with van der Waals surface area (Å²) in [7, 11) is -3.44. The third-order valence-corrected chi connectivity index (χ3v) is 7.14. The topological polar surface area (TPSA) is 84.3 Å². The zero-order chi connectivity index (χ0) is 21.0. The van der Waals surface area contributed by atoms with Crippen molar-refractivity contribution in [3.05, 3.63) is 78.1 Å². The van der Waals surface area contributed by atoms with Crippen molar-refractivity contribution < 1.29 is 13.2 Å². The molecule has 4 rings (SSSR count). The number of aromatic nitrogens is 2. The summed E-state index contributed by atoms with van der Waals surface area (Å²) in [5.74, 6) is -0.188. The molecule has 1 fully saturated rings. The van der Waals surface area contributed by atoms with Crippen LogP contribution in [-0.2, 0) is 16.6 Å². The SMILES string of the molecule is O=C(NCc1ccc(S(=O)(=O)N2CCCCC2)cc1)c1ccc(-n2cccn2)cc1. The first kappa shape index (κ1) is 20.3. The number of hydrogen-bond donors (Lipinski definition) is 1. The lowest BCUT2D eigenvalue weighted by Gasteiger charge is -2.25. The fraction of sp³-hybridized carbons (Fsp3) is 0.273. The Labute approximate surface area is 176 Å². The predicted octanol–water partition coefficient (Wildman–Crippen LogP) is 2.98. The van der Waals surface area contributed by atoms with E-state index in [1.807, 2.05) is 24.4 Å². The summed E-state index contributed by atoms with van der Waals surface area (Å²) in [6.07, 6.45) is 6.43. The third-order valence-electron chi connectivity index (χ3n) is 5.23. The zero-order valence-electron chi connectivity index (χ0n) is 16.6. The summed E-state index contributed by atoms with van der Waals surface area (Å²) < 4.78 is 28.7. The van der Waals surface area contributed by atoms with E-state index in [9.17, 15) is 13.2 Å². The van der Waals surface area contributed by atoms with Gasteiger partial charge in [0.25, 0.3) is 5.91 Å². The molecule has 1 aliphatic rings. The molecule has 0 radical (unpaired) electrons. The maximum Gasteiger partial charge on any atom is 0.251 e. The van der Waals surface area contributed by atoms with Crippen LogP contribution >= 0.6 is 0 Å². The van der Waals surface area contributed by atoms with Crippen molar-refractivity contribution in [3.8, 4) is 5.69 Å². The highest BCUT2D eigenvalue weighted by molar-refractivity contribution is 7.89. The molecule has 156 valence electrons. The molecule has 8 heteroatoms. The van der Waals surface area contributed by atoms with E-state index in [4.69, 9.17) is 0 Å². The van der Waals surface area contributed by atoms with Gasteiger partial charge in [-0.05, 0) is 60.9 Å². The van der Waals surface area contributed by atoms with Gasteiger partial charge in [-0.3, -0.25) is 4.79 Å². The molecule has 1 amide bonds. The molecular formula is C22H24N4O3S. The summed E-state index contributed by atoms with van der Waals surface area (Å²) in [5, 5.41) is 7.03. The van der Waals surface area contributed by atoms with Gasteiger partial charge in [0.15, 0.2) is 0 Å². The second-order valence-electron chi connectivity index (χ2n) is 7.29. The van der Waals surface area contributed by atoms with Gasteiger partial charge in [-0.2, -0.15) is 9.40 Å². The number of sulfonamides is 1. The van der Waals surface area contributed by atoms with E-state index in [0.29, 0.717) is 30.1 Å². The van der Waals surface area contributed by atoms with Crippen molar-refractivity contribution in [1.82, 2.24) is 19.4 Å². The first-order valence-corrected chi connectivity index (χ1v) is 11.5. The summed E-state index contributed by atoms with van der Waals surface area (Å²) >= 11 is 0. The van der Waals surface area contributed by atoms with E-state index in [1.54, 1.807) is 51.6 Å². The molecular weight excluding hydrogens is 400 g/mol. The highest BCUT2D eigenvalue weighted by Crippen LogP contribution is 2.21. The van der Waals surface area contributed by atoms with Crippen LogP contribution in [0.1, 0.15) is 35.2 Å².